The lowest BCUT2D eigenvalue weighted by molar-refractivity contribution is 0.140. The van der Waals surface area contributed by atoms with E-state index in [2.05, 4.69) is 4.90 Å². The Morgan fingerprint density at radius 1 is 1.42 bits per heavy atom. The highest BCUT2D eigenvalue weighted by Crippen LogP contribution is 2.20. The van der Waals surface area contributed by atoms with Crippen LogP contribution in [0.2, 0.25) is 0 Å². The lowest BCUT2D eigenvalue weighted by Gasteiger charge is -2.19. The number of rotatable bonds is 4. The molecule has 0 unspecified atom stereocenters. The summed E-state index contributed by atoms with van der Waals surface area (Å²) in [5, 5.41) is 7.59. The van der Waals surface area contributed by atoms with Gasteiger partial charge in [-0.1, -0.05) is 6.07 Å². The smallest absolute Gasteiger partial charge is 0.129 e. The first kappa shape index (κ1) is 13.8. The first-order valence-corrected chi connectivity index (χ1v) is 6.52. The molecule has 1 saturated heterocycles. The van der Waals surface area contributed by atoms with E-state index in [9.17, 15) is 0 Å². The van der Waals surface area contributed by atoms with E-state index in [1.54, 1.807) is 7.11 Å². The quantitative estimate of drug-likeness (QED) is 0.632. The summed E-state index contributed by atoms with van der Waals surface area (Å²) in [6, 6.07) is 5.84. The van der Waals surface area contributed by atoms with E-state index in [0.29, 0.717) is 11.3 Å². The lowest BCUT2D eigenvalue weighted by Crippen LogP contribution is -2.26. The highest BCUT2D eigenvalue weighted by atomic mass is 16.5. The van der Waals surface area contributed by atoms with Crippen LogP contribution in [-0.2, 0) is 11.3 Å². The summed E-state index contributed by atoms with van der Waals surface area (Å²) in [4.78, 5) is 2.36. The van der Waals surface area contributed by atoms with Crippen LogP contribution in [0.3, 0.4) is 0 Å². The molecule has 1 fully saturated rings. The van der Waals surface area contributed by atoms with Gasteiger partial charge in [-0.25, -0.2) is 0 Å². The Morgan fingerprint density at radius 2 is 2.26 bits per heavy atom. The number of ether oxygens (including phenoxy) is 2. The Hall–Kier alpha value is -1.59. The normalized spacial score (nSPS) is 16.9. The van der Waals surface area contributed by atoms with Gasteiger partial charge in [-0.15, -0.1) is 0 Å². The summed E-state index contributed by atoms with van der Waals surface area (Å²) in [5.41, 5.74) is 7.39. The summed E-state index contributed by atoms with van der Waals surface area (Å²) < 4.78 is 10.7. The average molecular weight is 263 g/mol. The topological polar surface area (TPSA) is 71.6 Å². The fraction of sp³-hybridized carbons (Fsp3) is 0.500. The van der Waals surface area contributed by atoms with Crippen molar-refractivity contribution in [2.24, 2.45) is 5.73 Å². The molecule has 0 aliphatic carbocycles. The first-order chi connectivity index (χ1) is 9.20. The molecule has 1 aliphatic rings. The molecule has 0 spiro atoms. The van der Waals surface area contributed by atoms with Gasteiger partial charge in [-0.05, 0) is 24.1 Å². The molecule has 1 heterocycles. The number of nitrogen functional groups attached to an aromatic ring is 1. The van der Waals surface area contributed by atoms with Crippen molar-refractivity contribution in [2.45, 2.75) is 13.0 Å². The molecule has 0 bridgehead atoms. The zero-order chi connectivity index (χ0) is 13.7. The molecule has 1 aliphatic heterocycles. The molecule has 3 N–H and O–H groups in total. The van der Waals surface area contributed by atoms with Gasteiger partial charge in [0, 0.05) is 26.2 Å². The second-order valence-electron chi connectivity index (χ2n) is 4.69. The zero-order valence-corrected chi connectivity index (χ0v) is 11.3. The highest BCUT2D eigenvalue weighted by Gasteiger charge is 2.12. The van der Waals surface area contributed by atoms with Gasteiger partial charge in [0.15, 0.2) is 0 Å². The molecule has 5 heteroatoms. The molecule has 0 atom stereocenters. The van der Waals surface area contributed by atoms with E-state index in [0.717, 1.165) is 44.8 Å². The van der Waals surface area contributed by atoms with Gasteiger partial charge in [0.05, 0.1) is 19.3 Å². The Labute approximate surface area is 113 Å². The van der Waals surface area contributed by atoms with Crippen molar-refractivity contribution in [1.82, 2.24) is 4.90 Å². The molecular formula is C14H21N3O2. The minimum absolute atomic E-state index is 0.0397. The summed E-state index contributed by atoms with van der Waals surface area (Å²) in [7, 11) is 1.59. The van der Waals surface area contributed by atoms with Crippen LogP contribution in [0.4, 0.5) is 0 Å². The fourth-order valence-corrected chi connectivity index (χ4v) is 2.28. The summed E-state index contributed by atoms with van der Waals surface area (Å²) in [6.45, 7) is 4.48. The minimum atomic E-state index is 0.0397. The zero-order valence-electron chi connectivity index (χ0n) is 11.3. The van der Waals surface area contributed by atoms with Gasteiger partial charge in [-0.3, -0.25) is 10.3 Å². The third kappa shape index (κ3) is 3.68. The predicted octanol–water partition coefficient (Wildman–Crippen LogP) is 1.20. The Morgan fingerprint density at radius 3 is 3.00 bits per heavy atom. The van der Waals surface area contributed by atoms with Crippen molar-refractivity contribution >= 4 is 5.84 Å². The van der Waals surface area contributed by atoms with Gasteiger partial charge in [-0.2, -0.15) is 0 Å². The van der Waals surface area contributed by atoms with E-state index in [4.69, 9.17) is 20.6 Å². The number of hydrogen-bond donors (Lipinski definition) is 2. The SMILES string of the molecule is COc1ccc(CN2CCCOCC2)cc1C(=N)N. The average Bonchev–Trinajstić information content (AvgIpc) is 2.67. The number of benzene rings is 1. The molecule has 0 radical (unpaired) electrons. The largest absolute Gasteiger partial charge is 0.496 e. The maximum absolute atomic E-state index is 7.59. The lowest BCUT2D eigenvalue weighted by atomic mass is 10.1. The molecule has 19 heavy (non-hydrogen) atoms. The van der Waals surface area contributed by atoms with Crippen LogP contribution in [0, 0.1) is 5.41 Å². The number of nitrogens with zero attached hydrogens (tertiary/aromatic N) is 1. The minimum Gasteiger partial charge on any atom is -0.496 e. The van der Waals surface area contributed by atoms with Crippen molar-refractivity contribution < 1.29 is 9.47 Å². The molecule has 0 aromatic heterocycles. The highest BCUT2D eigenvalue weighted by molar-refractivity contribution is 5.97. The van der Waals surface area contributed by atoms with Crippen LogP contribution >= 0.6 is 0 Å². The van der Waals surface area contributed by atoms with E-state index in [-0.39, 0.29) is 5.84 Å². The van der Waals surface area contributed by atoms with Gasteiger partial charge in [0.2, 0.25) is 0 Å². The van der Waals surface area contributed by atoms with E-state index in [1.165, 1.54) is 0 Å². The maximum atomic E-state index is 7.59. The van der Waals surface area contributed by atoms with Gasteiger partial charge < -0.3 is 15.2 Å². The summed E-state index contributed by atoms with van der Waals surface area (Å²) in [6.07, 6.45) is 1.07. The molecule has 1 aromatic carbocycles. The predicted molar refractivity (Wildman–Crippen MR) is 74.7 cm³/mol. The second-order valence-corrected chi connectivity index (χ2v) is 4.69. The van der Waals surface area contributed by atoms with Crippen molar-refractivity contribution in [3.05, 3.63) is 29.3 Å². The number of amidine groups is 1. The van der Waals surface area contributed by atoms with Crippen LogP contribution in [-0.4, -0.2) is 44.1 Å². The van der Waals surface area contributed by atoms with Crippen LogP contribution < -0.4 is 10.5 Å². The number of hydrogen-bond acceptors (Lipinski definition) is 4. The molecule has 1 aromatic rings. The van der Waals surface area contributed by atoms with E-state index >= 15 is 0 Å². The monoisotopic (exact) mass is 263 g/mol. The van der Waals surface area contributed by atoms with E-state index < -0.39 is 0 Å². The van der Waals surface area contributed by atoms with Crippen LogP contribution in [0.25, 0.3) is 0 Å². The Kier molecular flexibility index (Phi) is 4.76. The number of methoxy groups -OCH3 is 1. The van der Waals surface area contributed by atoms with Crippen LogP contribution in [0.5, 0.6) is 5.75 Å². The van der Waals surface area contributed by atoms with Gasteiger partial charge in [0.25, 0.3) is 0 Å². The fourth-order valence-electron chi connectivity index (χ4n) is 2.28. The second kappa shape index (κ2) is 6.54. The van der Waals surface area contributed by atoms with Gasteiger partial charge >= 0.3 is 0 Å². The maximum Gasteiger partial charge on any atom is 0.129 e. The molecule has 5 nitrogen and oxygen atoms in total. The molecule has 104 valence electrons. The number of nitrogens with two attached hydrogens (primary N) is 1. The summed E-state index contributed by atoms with van der Waals surface area (Å²) in [5.74, 6) is 0.688. The van der Waals surface area contributed by atoms with Crippen molar-refractivity contribution in [3.63, 3.8) is 0 Å². The first-order valence-electron chi connectivity index (χ1n) is 6.52. The Balaban J connectivity index is 2.11. The van der Waals surface area contributed by atoms with E-state index in [1.807, 2.05) is 18.2 Å². The Bertz CT molecular complexity index is 440. The molecular weight excluding hydrogens is 242 g/mol. The summed E-state index contributed by atoms with van der Waals surface area (Å²) >= 11 is 0. The number of nitrogens with one attached hydrogen (secondary N) is 1. The van der Waals surface area contributed by atoms with Crippen molar-refractivity contribution in [1.29, 1.82) is 5.41 Å². The van der Waals surface area contributed by atoms with Crippen LogP contribution in [0.1, 0.15) is 17.5 Å². The third-order valence-corrected chi connectivity index (χ3v) is 3.28. The van der Waals surface area contributed by atoms with Gasteiger partial charge in [0.1, 0.15) is 11.6 Å². The molecule has 0 amide bonds. The third-order valence-electron chi connectivity index (χ3n) is 3.28. The van der Waals surface area contributed by atoms with Crippen molar-refractivity contribution in [3.8, 4) is 5.75 Å². The molecule has 2 rings (SSSR count). The standard InChI is InChI=1S/C14H21N3O2/c1-18-13-4-3-11(9-12(13)14(15)16)10-17-5-2-7-19-8-6-17/h3-4,9H,2,5-8,10H2,1H3,(H3,15,16). The van der Waals surface area contributed by atoms with Crippen LogP contribution in [0.15, 0.2) is 18.2 Å². The molecule has 0 saturated carbocycles. The van der Waals surface area contributed by atoms with Crippen molar-refractivity contribution in [2.75, 3.05) is 33.4 Å².